The van der Waals surface area contributed by atoms with Crippen LogP contribution in [0, 0.1) is 23.5 Å². The molecule has 0 amide bonds. The normalized spacial score (nSPS) is 11.4. The van der Waals surface area contributed by atoms with Crippen molar-refractivity contribution < 1.29 is 13.9 Å². The SMILES string of the molecule is C=CC(O)C#Cc1ccc(F)cc1F. The number of hydrogen-bond donors (Lipinski definition) is 1. The van der Waals surface area contributed by atoms with Gasteiger partial charge in [-0.1, -0.05) is 24.5 Å². The van der Waals surface area contributed by atoms with Crippen LogP contribution in [0.25, 0.3) is 0 Å². The van der Waals surface area contributed by atoms with E-state index in [2.05, 4.69) is 18.4 Å². The molecule has 72 valence electrons. The first kappa shape index (κ1) is 10.4. The molecule has 0 radical (unpaired) electrons. The first-order valence-electron chi connectivity index (χ1n) is 3.90. The fourth-order valence-corrected chi connectivity index (χ4v) is 0.801. The summed E-state index contributed by atoms with van der Waals surface area (Å²) in [6.45, 7) is 3.30. The quantitative estimate of drug-likeness (QED) is 0.534. The predicted molar refractivity (Wildman–Crippen MR) is 49.4 cm³/mol. The van der Waals surface area contributed by atoms with Crippen molar-refractivity contribution in [2.45, 2.75) is 6.10 Å². The minimum Gasteiger partial charge on any atom is -0.377 e. The van der Waals surface area contributed by atoms with Gasteiger partial charge in [0.25, 0.3) is 0 Å². The first-order valence-corrected chi connectivity index (χ1v) is 3.90. The molecule has 0 saturated heterocycles. The van der Waals surface area contributed by atoms with E-state index >= 15 is 0 Å². The maximum absolute atomic E-state index is 13.0. The van der Waals surface area contributed by atoms with E-state index < -0.39 is 17.7 Å². The molecule has 1 aromatic carbocycles. The van der Waals surface area contributed by atoms with Crippen molar-refractivity contribution in [3.05, 3.63) is 48.1 Å². The third-order valence-corrected chi connectivity index (χ3v) is 1.51. The summed E-state index contributed by atoms with van der Waals surface area (Å²) in [6, 6.07) is 3.06. The van der Waals surface area contributed by atoms with Gasteiger partial charge in [-0.2, -0.15) is 0 Å². The van der Waals surface area contributed by atoms with Crippen LogP contribution in [-0.2, 0) is 0 Å². The van der Waals surface area contributed by atoms with Gasteiger partial charge in [0.1, 0.15) is 17.7 Å². The van der Waals surface area contributed by atoms with Gasteiger partial charge in [0.05, 0.1) is 5.56 Å². The van der Waals surface area contributed by atoms with Crippen molar-refractivity contribution in [2.75, 3.05) is 0 Å². The van der Waals surface area contributed by atoms with Crippen molar-refractivity contribution in [1.29, 1.82) is 0 Å². The van der Waals surface area contributed by atoms with E-state index in [9.17, 15) is 8.78 Å². The Labute approximate surface area is 80.7 Å². The molecule has 0 aromatic heterocycles. The first-order chi connectivity index (χ1) is 6.63. The standard InChI is InChI=1S/C11H8F2O/c1-2-10(14)6-4-8-3-5-9(12)7-11(8)13/h2-3,5,7,10,14H,1H2. The molecular weight excluding hydrogens is 186 g/mol. The fourth-order valence-electron chi connectivity index (χ4n) is 0.801. The summed E-state index contributed by atoms with van der Waals surface area (Å²) < 4.78 is 25.4. The Balaban J connectivity index is 2.95. The second-order valence-corrected chi connectivity index (χ2v) is 2.57. The summed E-state index contributed by atoms with van der Waals surface area (Å²) in [5.74, 6) is 3.31. The monoisotopic (exact) mass is 194 g/mol. The van der Waals surface area contributed by atoms with E-state index in [4.69, 9.17) is 5.11 Å². The van der Waals surface area contributed by atoms with Crippen molar-refractivity contribution in [3.8, 4) is 11.8 Å². The Morgan fingerprint density at radius 2 is 2.14 bits per heavy atom. The van der Waals surface area contributed by atoms with E-state index in [1.165, 1.54) is 12.1 Å². The van der Waals surface area contributed by atoms with E-state index in [-0.39, 0.29) is 5.56 Å². The van der Waals surface area contributed by atoms with E-state index in [0.717, 1.165) is 12.1 Å². The second-order valence-electron chi connectivity index (χ2n) is 2.57. The average Bonchev–Trinajstić information content (AvgIpc) is 2.16. The van der Waals surface area contributed by atoms with Crippen LogP contribution in [0.4, 0.5) is 8.78 Å². The lowest BCUT2D eigenvalue weighted by atomic mass is 10.2. The summed E-state index contributed by atoms with van der Waals surface area (Å²) in [5.41, 5.74) is 0.0484. The average molecular weight is 194 g/mol. The number of rotatable bonds is 1. The third kappa shape index (κ3) is 2.68. The van der Waals surface area contributed by atoms with Gasteiger partial charge in [-0.15, -0.1) is 0 Å². The summed E-state index contributed by atoms with van der Waals surface area (Å²) in [7, 11) is 0. The number of aliphatic hydroxyl groups is 1. The highest BCUT2D eigenvalue weighted by Crippen LogP contribution is 2.07. The van der Waals surface area contributed by atoms with Crippen LogP contribution in [0.15, 0.2) is 30.9 Å². The minimum absolute atomic E-state index is 0.0484. The van der Waals surface area contributed by atoms with Crippen molar-refractivity contribution in [2.24, 2.45) is 0 Å². The van der Waals surface area contributed by atoms with Crippen molar-refractivity contribution in [3.63, 3.8) is 0 Å². The number of aliphatic hydroxyl groups excluding tert-OH is 1. The van der Waals surface area contributed by atoms with Gasteiger partial charge in [0.15, 0.2) is 0 Å². The molecule has 3 heteroatoms. The number of benzene rings is 1. The molecule has 0 saturated carbocycles. The van der Waals surface area contributed by atoms with Crippen LogP contribution >= 0.6 is 0 Å². The molecule has 14 heavy (non-hydrogen) atoms. The molecule has 1 unspecified atom stereocenters. The van der Waals surface area contributed by atoms with Gasteiger partial charge < -0.3 is 5.11 Å². The van der Waals surface area contributed by atoms with E-state index in [1.807, 2.05) is 0 Å². The molecule has 0 aliphatic carbocycles. The van der Waals surface area contributed by atoms with Crippen LogP contribution in [0.5, 0.6) is 0 Å². The topological polar surface area (TPSA) is 20.2 Å². The van der Waals surface area contributed by atoms with Crippen LogP contribution < -0.4 is 0 Å². The summed E-state index contributed by atoms with van der Waals surface area (Å²) >= 11 is 0. The minimum atomic E-state index is -1.00. The highest BCUT2D eigenvalue weighted by Gasteiger charge is 2.00. The highest BCUT2D eigenvalue weighted by atomic mass is 19.1. The summed E-state index contributed by atoms with van der Waals surface area (Å²) in [6.07, 6.45) is 0.216. The maximum Gasteiger partial charge on any atom is 0.141 e. The molecule has 0 aliphatic heterocycles. The Bertz CT molecular complexity index is 401. The zero-order valence-electron chi connectivity index (χ0n) is 7.30. The Kier molecular flexibility index (Phi) is 3.38. The van der Waals surface area contributed by atoms with Crippen LogP contribution in [0.2, 0.25) is 0 Å². The highest BCUT2D eigenvalue weighted by molar-refractivity contribution is 5.36. The zero-order chi connectivity index (χ0) is 10.6. The summed E-state index contributed by atoms with van der Waals surface area (Å²) in [4.78, 5) is 0. The lowest BCUT2D eigenvalue weighted by molar-refractivity contribution is 0.281. The van der Waals surface area contributed by atoms with Gasteiger partial charge in [0.2, 0.25) is 0 Å². The molecule has 0 aliphatic rings. The largest absolute Gasteiger partial charge is 0.377 e. The lowest BCUT2D eigenvalue weighted by Gasteiger charge is -1.94. The fraction of sp³-hybridized carbons (Fsp3) is 0.0909. The molecule has 1 N–H and O–H groups in total. The smallest absolute Gasteiger partial charge is 0.141 e. The Morgan fingerprint density at radius 3 is 2.71 bits per heavy atom. The third-order valence-electron chi connectivity index (χ3n) is 1.51. The molecule has 0 heterocycles. The van der Waals surface area contributed by atoms with E-state index in [0.29, 0.717) is 0 Å². The van der Waals surface area contributed by atoms with Gasteiger partial charge in [-0.25, -0.2) is 8.78 Å². The molecular formula is C11H8F2O. The number of hydrogen-bond acceptors (Lipinski definition) is 1. The molecule has 1 rings (SSSR count). The van der Waals surface area contributed by atoms with Crippen LogP contribution in [0.3, 0.4) is 0 Å². The van der Waals surface area contributed by atoms with Gasteiger partial charge in [-0.05, 0) is 12.1 Å². The molecule has 1 aromatic rings. The second kappa shape index (κ2) is 4.54. The van der Waals surface area contributed by atoms with Gasteiger partial charge in [-0.3, -0.25) is 0 Å². The maximum atomic E-state index is 13.0. The van der Waals surface area contributed by atoms with Gasteiger partial charge >= 0.3 is 0 Å². The van der Waals surface area contributed by atoms with E-state index in [1.54, 1.807) is 0 Å². The van der Waals surface area contributed by atoms with Crippen molar-refractivity contribution in [1.82, 2.24) is 0 Å². The molecule has 1 atom stereocenters. The lowest BCUT2D eigenvalue weighted by Crippen LogP contribution is -1.96. The van der Waals surface area contributed by atoms with Gasteiger partial charge in [0, 0.05) is 6.07 Å². The van der Waals surface area contributed by atoms with Crippen LogP contribution in [0.1, 0.15) is 5.56 Å². The van der Waals surface area contributed by atoms with Crippen LogP contribution in [-0.4, -0.2) is 11.2 Å². The number of halogens is 2. The molecule has 0 fully saturated rings. The molecule has 0 spiro atoms. The van der Waals surface area contributed by atoms with Crippen molar-refractivity contribution >= 4 is 0 Å². The molecule has 1 nitrogen and oxygen atoms in total. The summed E-state index contributed by atoms with van der Waals surface area (Å²) in [5, 5.41) is 8.98. The molecule has 0 bridgehead atoms. The zero-order valence-corrected chi connectivity index (χ0v) is 7.30. The Hall–Kier alpha value is -1.66. The predicted octanol–water partition coefficient (Wildman–Crippen LogP) is 1.86. The Morgan fingerprint density at radius 1 is 1.43 bits per heavy atom.